The lowest BCUT2D eigenvalue weighted by atomic mass is 9.82. The SMILES string of the molecule is CCCCCCCCCCCC(CCCCCC(C)C)OC(=O)C1CCC(C(=O)O)CC1. The summed E-state index contributed by atoms with van der Waals surface area (Å²) in [6, 6.07) is 0. The number of hydrogen-bond acceptors (Lipinski definition) is 3. The van der Waals surface area contributed by atoms with E-state index < -0.39 is 5.97 Å². The Balaban J connectivity index is 2.33. The van der Waals surface area contributed by atoms with Crippen molar-refractivity contribution >= 4 is 11.9 Å². The van der Waals surface area contributed by atoms with Gasteiger partial charge in [-0.05, 0) is 57.3 Å². The molecule has 0 heterocycles. The molecule has 0 bridgehead atoms. The summed E-state index contributed by atoms with van der Waals surface area (Å²) in [5, 5.41) is 9.18. The third-order valence-electron chi connectivity index (χ3n) is 7.13. The van der Waals surface area contributed by atoms with Crippen molar-refractivity contribution < 1.29 is 19.4 Å². The van der Waals surface area contributed by atoms with Crippen molar-refractivity contribution in [1.82, 2.24) is 0 Å². The van der Waals surface area contributed by atoms with Gasteiger partial charge >= 0.3 is 11.9 Å². The molecule has 0 spiro atoms. The zero-order chi connectivity index (χ0) is 23.6. The third-order valence-corrected chi connectivity index (χ3v) is 7.13. The van der Waals surface area contributed by atoms with Gasteiger partial charge in [-0.25, -0.2) is 0 Å². The van der Waals surface area contributed by atoms with Gasteiger partial charge < -0.3 is 9.84 Å². The van der Waals surface area contributed by atoms with Gasteiger partial charge in [0, 0.05) is 0 Å². The highest BCUT2D eigenvalue weighted by molar-refractivity contribution is 5.74. The number of esters is 1. The summed E-state index contributed by atoms with van der Waals surface area (Å²) in [5.74, 6) is -0.417. The van der Waals surface area contributed by atoms with E-state index in [4.69, 9.17) is 4.74 Å². The Bertz CT molecular complexity index is 480. The molecule has 4 heteroatoms. The first-order valence-electron chi connectivity index (χ1n) is 13.9. The highest BCUT2D eigenvalue weighted by atomic mass is 16.5. The van der Waals surface area contributed by atoms with Gasteiger partial charge in [0.2, 0.25) is 0 Å². The van der Waals surface area contributed by atoms with Crippen molar-refractivity contribution in [1.29, 1.82) is 0 Å². The van der Waals surface area contributed by atoms with E-state index in [1.807, 2.05) is 0 Å². The molecule has 1 N–H and O–H groups in total. The lowest BCUT2D eigenvalue weighted by Crippen LogP contribution is -2.29. The summed E-state index contributed by atoms with van der Waals surface area (Å²) in [6.45, 7) is 6.80. The van der Waals surface area contributed by atoms with Crippen molar-refractivity contribution in [2.45, 2.75) is 149 Å². The van der Waals surface area contributed by atoms with E-state index in [2.05, 4.69) is 20.8 Å². The number of carbonyl (C=O) groups is 2. The van der Waals surface area contributed by atoms with E-state index in [1.165, 1.54) is 70.6 Å². The van der Waals surface area contributed by atoms with Crippen molar-refractivity contribution in [2.24, 2.45) is 17.8 Å². The summed E-state index contributed by atoms with van der Waals surface area (Å²) in [4.78, 5) is 23.9. The molecule has 32 heavy (non-hydrogen) atoms. The van der Waals surface area contributed by atoms with Gasteiger partial charge in [-0.15, -0.1) is 0 Å². The fourth-order valence-corrected chi connectivity index (χ4v) is 4.88. The van der Waals surface area contributed by atoms with Gasteiger partial charge in [0.1, 0.15) is 6.10 Å². The maximum Gasteiger partial charge on any atom is 0.309 e. The Labute approximate surface area is 198 Å². The summed E-state index contributed by atoms with van der Waals surface area (Å²) in [7, 11) is 0. The Hall–Kier alpha value is -1.06. The van der Waals surface area contributed by atoms with Gasteiger partial charge in [0.15, 0.2) is 0 Å². The molecule has 0 amide bonds. The van der Waals surface area contributed by atoms with Crippen LogP contribution in [0.25, 0.3) is 0 Å². The van der Waals surface area contributed by atoms with Gasteiger partial charge in [-0.3, -0.25) is 9.59 Å². The number of aliphatic carboxylic acids is 1. The summed E-state index contributed by atoms with van der Waals surface area (Å²) in [5.41, 5.74) is 0. The van der Waals surface area contributed by atoms with E-state index in [9.17, 15) is 14.7 Å². The standard InChI is InChI=1S/C28H52O4/c1-4-5-6-7-8-9-10-11-14-17-26(18-15-12-13-16-23(2)3)32-28(31)25-21-19-24(20-22-25)27(29)30/h23-26H,4-22H2,1-3H3,(H,29,30). The molecule has 0 aromatic heterocycles. The zero-order valence-corrected chi connectivity index (χ0v) is 21.4. The molecule has 1 aliphatic rings. The summed E-state index contributed by atoms with van der Waals surface area (Å²) >= 11 is 0. The molecule has 0 aliphatic heterocycles. The van der Waals surface area contributed by atoms with Crippen LogP contribution in [0.2, 0.25) is 0 Å². The minimum Gasteiger partial charge on any atom is -0.481 e. The first kappa shape index (κ1) is 29.0. The van der Waals surface area contributed by atoms with E-state index in [1.54, 1.807) is 0 Å². The summed E-state index contributed by atoms with van der Waals surface area (Å²) < 4.78 is 6.00. The van der Waals surface area contributed by atoms with Crippen LogP contribution in [0.15, 0.2) is 0 Å². The molecule has 0 aromatic rings. The highest BCUT2D eigenvalue weighted by Crippen LogP contribution is 2.30. The van der Waals surface area contributed by atoms with Gasteiger partial charge in [-0.2, -0.15) is 0 Å². The molecular weight excluding hydrogens is 400 g/mol. The van der Waals surface area contributed by atoms with Crippen LogP contribution < -0.4 is 0 Å². The lowest BCUT2D eigenvalue weighted by molar-refractivity contribution is -0.158. The van der Waals surface area contributed by atoms with Crippen LogP contribution in [-0.4, -0.2) is 23.1 Å². The fraction of sp³-hybridized carbons (Fsp3) is 0.929. The number of carboxylic acids is 1. The smallest absolute Gasteiger partial charge is 0.309 e. The number of hydrogen-bond donors (Lipinski definition) is 1. The molecule has 0 radical (unpaired) electrons. The highest BCUT2D eigenvalue weighted by Gasteiger charge is 2.31. The number of rotatable bonds is 19. The predicted octanol–water partition coefficient (Wildman–Crippen LogP) is 8.32. The van der Waals surface area contributed by atoms with Crippen LogP contribution in [0.4, 0.5) is 0 Å². The Morgan fingerprint density at radius 1 is 0.719 bits per heavy atom. The molecule has 188 valence electrons. The molecule has 1 unspecified atom stereocenters. The summed E-state index contributed by atoms with van der Waals surface area (Å²) in [6.07, 6.45) is 21.2. The normalized spacial score (nSPS) is 19.8. The van der Waals surface area contributed by atoms with Gasteiger partial charge in [-0.1, -0.05) is 91.4 Å². The first-order valence-corrected chi connectivity index (χ1v) is 13.9. The van der Waals surface area contributed by atoms with E-state index >= 15 is 0 Å². The Kier molecular flexibility index (Phi) is 16.6. The van der Waals surface area contributed by atoms with Crippen LogP contribution >= 0.6 is 0 Å². The average molecular weight is 453 g/mol. The second-order valence-corrected chi connectivity index (χ2v) is 10.6. The Morgan fingerprint density at radius 3 is 1.66 bits per heavy atom. The van der Waals surface area contributed by atoms with Crippen LogP contribution in [0, 0.1) is 17.8 Å². The molecule has 1 aliphatic carbocycles. The number of ether oxygens (including phenoxy) is 1. The van der Waals surface area contributed by atoms with Crippen LogP contribution in [0.1, 0.15) is 143 Å². The van der Waals surface area contributed by atoms with Crippen LogP contribution in [-0.2, 0) is 14.3 Å². The maximum atomic E-state index is 12.8. The fourth-order valence-electron chi connectivity index (χ4n) is 4.88. The van der Waals surface area contributed by atoms with Crippen LogP contribution in [0.5, 0.6) is 0 Å². The van der Waals surface area contributed by atoms with Gasteiger partial charge in [0.25, 0.3) is 0 Å². The molecule has 0 aromatic carbocycles. The van der Waals surface area contributed by atoms with Crippen molar-refractivity contribution in [2.75, 3.05) is 0 Å². The average Bonchev–Trinajstić information content (AvgIpc) is 2.77. The predicted molar refractivity (Wildman–Crippen MR) is 133 cm³/mol. The maximum absolute atomic E-state index is 12.8. The van der Waals surface area contributed by atoms with E-state index in [0.717, 1.165) is 31.6 Å². The topological polar surface area (TPSA) is 63.6 Å². The largest absolute Gasteiger partial charge is 0.481 e. The van der Waals surface area contributed by atoms with E-state index in [0.29, 0.717) is 25.7 Å². The lowest BCUT2D eigenvalue weighted by Gasteiger charge is -2.27. The molecule has 1 atom stereocenters. The molecule has 4 nitrogen and oxygen atoms in total. The number of unbranched alkanes of at least 4 members (excludes halogenated alkanes) is 10. The van der Waals surface area contributed by atoms with Crippen molar-refractivity contribution in [3.63, 3.8) is 0 Å². The molecule has 1 fully saturated rings. The van der Waals surface area contributed by atoms with Gasteiger partial charge in [0.05, 0.1) is 11.8 Å². The molecule has 0 saturated heterocycles. The molecule has 1 saturated carbocycles. The second-order valence-electron chi connectivity index (χ2n) is 10.6. The quantitative estimate of drug-likeness (QED) is 0.158. The van der Waals surface area contributed by atoms with Crippen molar-refractivity contribution in [3.05, 3.63) is 0 Å². The van der Waals surface area contributed by atoms with Crippen LogP contribution in [0.3, 0.4) is 0 Å². The minimum absolute atomic E-state index is 0.0447. The Morgan fingerprint density at radius 2 is 1.16 bits per heavy atom. The molecular formula is C28H52O4. The first-order chi connectivity index (χ1) is 15.4. The zero-order valence-electron chi connectivity index (χ0n) is 21.4. The van der Waals surface area contributed by atoms with E-state index in [-0.39, 0.29) is 23.9 Å². The number of carbonyl (C=O) groups excluding carboxylic acids is 1. The third kappa shape index (κ3) is 14.2. The number of carboxylic acid groups (broad SMARTS) is 1. The van der Waals surface area contributed by atoms with Crippen molar-refractivity contribution in [3.8, 4) is 0 Å². The molecule has 1 rings (SSSR count). The monoisotopic (exact) mass is 452 g/mol. The second kappa shape index (κ2) is 18.4. The minimum atomic E-state index is -0.721.